The van der Waals surface area contributed by atoms with E-state index in [0.717, 1.165) is 23.5 Å². The zero-order valence-electron chi connectivity index (χ0n) is 11.9. The van der Waals surface area contributed by atoms with E-state index in [1.807, 2.05) is 0 Å². The SMILES string of the molecule is CCOC(=O)c1sc(NC(=O)c2ccc(F)cc2F)cc1C. The summed E-state index contributed by atoms with van der Waals surface area (Å²) in [5.74, 6) is -2.89. The van der Waals surface area contributed by atoms with Crippen molar-refractivity contribution in [3.05, 3.63) is 51.9 Å². The van der Waals surface area contributed by atoms with Gasteiger partial charge in [-0.05, 0) is 37.6 Å². The molecule has 1 aromatic heterocycles. The quantitative estimate of drug-likeness (QED) is 0.871. The molecule has 1 heterocycles. The molecule has 0 radical (unpaired) electrons. The van der Waals surface area contributed by atoms with E-state index in [4.69, 9.17) is 4.74 Å². The minimum Gasteiger partial charge on any atom is -0.462 e. The fraction of sp³-hybridized carbons (Fsp3) is 0.200. The van der Waals surface area contributed by atoms with E-state index in [-0.39, 0.29) is 12.2 Å². The van der Waals surface area contributed by atoms with Crippen molar-refractivity contribution in [3.8, 4) is 0 Å². The number of aryl methyl sites for hydroxylation is 1. The topological polar surface area (TPSA) is 55.4 Å². The van der Waals surface area contributed by atoms with Gasteiger partial charge in [-0.25, -0.2) is 13.6 Å². The standard InChI is InChI=1S/C15H13F2NO3S/c1-3-21-15(20)13-8(2)6-12(22-13)18-14(19)10-5-4-9(16)7-11(10)17/h4-7H,3H2,1-2H3,(H,18,19). The summed E-state index contributed by atoms with van der Waals surface area (Å²) in [7, 11) is 0. The Labute approximate surface area is 129 Å². The van der Waals surface area contributed by atoms with E-state index < -0.39 is 23.5 Å². The first-order valence-corrected chi connectivity index (χ1v) is 7.28. The summed E-state index contributed by atoms with van der Waals surface area (Å²) in [6.45, 7) is 3.65. The van der Waals surface area contributed by atoms with Crippen molar-refractivity contribution in [1.82, 2.24) is 0 Å². The van der Waals surface area contributed by atoms with Crippen LogP contribution in [0.5, 0.6) is 0 Å². The van der Waals surface area contributed by atoms with Crippen LogP contribution in [0.2, 0.25) is 0 Å². The largest absolute Gasteiger partial charge is 0.462 e. The number of nitrogens with one attached hydrogen (secondary N) is 1. The molecule has 4 nitrogen and oxygen atoms in total. The van der Waals surface area contributed by atoms with Crippen molar-refractivity contribution in [1.29, 1.82) is 0 Å². The van der Waals surface area contributed by atoms with E-state index >= 15 is 0 Å². The molecule has 0 fully saturated rings. The summed E-state index contributed by atoms with van der Waals surface area (Å²) in [4.78, 5) is 24.1. The second-order valence-corrected chi connectivity index (χ2v) is 5.47. The van der Waals surface area contributed by atoms with Crippen LogP contribution in [0, 0.1) is 18.6 Å². The smallest absolute Gasteiger partial charge is 0.348 e. The summed E-state index contributed by atoms with van der Waals surface area (Å²) in [5, 5.41) is 2.87. The van der Waals surface area contributed by atoms with Crippen LogP contribution in [-0.4, -0.2) is 18.5 Å². The molecule has 7 heteroatoms. The Kier molecular flexibility index (Phi) is 4.87. The van der Waals surface area contributed by atoms with Gasteiger partial charge in [0.2, 0.25) is 0 Å². The molecule has 0 saturated carbocycles. The van der Waals surface area contributed by atoms with Crippen LogP contribution in [0.1, 0.15) is 32.5 Å². The monoisotopic (exact) mass is 325 g/mol. The Morgan fingerprint density at radius 3 is 2.64 bits per heavy atom. The van der Waals surface area contributed by atoms with Crippen LogP contribution < -0.4 is 5.32 Å². The lowest BCUT2D eigenvalue weighted by atomic mass is 10.2. The molecule has 0 spiro atoms. The van der Waals surface area contributed by atoms with Crippen LogP contribution >= 0.6 is 11.3 Å². The maximum Gasteiger partial charge on any atom is 0.348 e. The number of anilines is 1. The van der Waals surface area contributed by atoms with Gasteiger partial charge >= 0.3 is 5.97 Å². The predicted molar refractivity (Wildman–Crippen MR) is 79.3 cm³/mol. The molecular formula is C15H13F2NO3S. The van der Waals surface area contributed by atoms with E-state index in [0.29, 0.717) is 21.5 Å². The van der Waals surface area contributed by atoms with Crippen LogP contribution in [0.25, 0.3) is 0 Å². The average Bonchev–Trinajstić information content (AvgIpc) is 2.79. The number of ether oxygens (including phenoxy) is 1. The highest BCUT2D eigenvalue weighted by atomic mass is 32.1. The highest BCUT2D eigenvalue weighted by Crippen LogP contribution is 2.28. The van der Waals surface area contributed by atoms with Crippen molar-refractivity contribution in [2.45, 2.75) is 13.8 Å². The normalized spacial score (nSPS) is 10.4. The first kappa shape index (κ1) is 16.1. The Balaban J connectivity index is 2.18. The van der Waals surface area contributed by atoms with Crippen molar-refractivity contribution in [2.75, 3.05) is 11.9 Å². The molecular weight excluding hydrogens is 312 g/mol. The van der Waals surface area contributed by atoms with Gasteiger partial charge < -0.3 is 10.1 Å². The third-order valence-electron chi connectivity index (χ3n) is 2.79. The number of amides is 1. The van der Waals surface area contributed by atoms with Gasteiger partial charge in [-0.2, -0.15) is 0 Å². The second-order valence-electron chi connectivity index (χ2n) is 4.42. The fourth-order valence-corrected chi connectivity index (χ4v) is 2.76. The van der Waals surface area contributed by atoms with Gasteiger partial charge in [0.05, 0.1) is 17.2 Å². The molecule has 0 aliphatic rings. The van der Waals surface area contributed by atoms with Crippen molar-refractivity contribution in [2.24, 2.45) is 0 Å². The van der Waals surface area contributed by atoms with Crippen LogP contribution in [0.15, 0.2) is 24.3 Å². The number of thiophene rings is 1. The third-order valence-corrected chi connectivity index (χ3v) is 3.92. The molecule has 0 atom stereocenters. The lowest BCUT2D eigenvalue weighted by Gasteiger charge is -2.03. The minimum absolute atomic E-state index is 0.249. The zero-order valence-corrected chi connectivity index (χ0v) is 12.7. The molecule has 22 heavy (non-hydrogen) atoms. The summed E-state index contributed by atoms with van der Waals surface area (Å²) in [5.41, 5.74) is 0.378. The van der Waals surface area contributed by atoms with Crippen LogP contribution in [0.4, 0.5) is 13.8 Å². The molecule has 2 aromatic rings. The Bertz CT molecular complexity index is 728. The summed E-state index contributed by atoms with van der Waals surface area (Å²) in [6, 6.07) is 4.29. The van der Waals surface area contributed by atoms with Gasteiger partial charge in [0.1, 0.15) is 16.5 Å². The van der Waals surface area contributed by atoms with Crippen LogP contribution in [0.3, 0.4) is 0 Å². The van der Waals surface area contributed by atoms with Gasteiger partial charge in [-0.3, -0.25) is 4.79 Å². The highest BCUT2D eigenvalue weighted by molar-refractivity contribution is 7.18. The van der Waals surface area contributed by atoms with Gasteiger partial charge in [-0.15, -0.1) is 11.3 Å². The molecule has 2 rings (SSSR count). The third kappa shape index (κ3) is 3.48. The van der Waals surface area contributed by atoms with E-state index in [2.05, 4.69) is 5.32 Å². The molecule has 116 valence electrons. The first-order chi connectivity index (χ1) is 10.4. The maximum absolute atomic E-state index is 13.5. The molecule has 0 aliphatic heterocycles. The van der Waals surface area contributed by atoms with Gasteiger partial charge in [0.25, 0.3) is 5.91 Å². The number of esters is 1. The lowest BCUT2D eigenvalue weighted by molar-refractivity contribution is 0.0531. The molecule has 0 unspecified atom stereocenters. The van der Waals surface area contributed by atoms with Crippen molar-refractivity contribution >= 4 is 28.2 Å². The predicted octanol–water partition coefficient (Wildman–Crippen LogP) is 3.76. The Morgan fingerprint density at radius 2 is 2.00 bits per heavy atom. The number of benzene rings is 1. The van der Waals surface area contributed by atoms with Gasteiger partial charge in [-0.1, -0.05) is 0 Å². The molecule has 1 amide bonds. The lowest BCUT2D eigenvalue weighted by Crippen LogP contribution is -2.13. The Hall–Kier alpha value is -2.28. The molecule has 0 aliphatic carbocycles. The zero-order chi connectivity index (χ0) is 16.3. The average molecular weight is 325 g/mol. The number of rotatable bonds is 4. The number of halogens is 2. The van der Waals surface area contributed by atoms with Crippen molar-refractivity contribution < 1.29 is 23.1 Å². The van der Waals surface area contributed by atoms with Crippen molar-refractivity contribution in [3.63, 3.8) is 0 Å². The number of carbonyl (C=O) groups is 2. The maximum atomic E-state index is 13.5. The van der Waals surface area contributed by atoms with Gasteiger partial charge in [0, 0.05) is 6.07 Å². The summed E-state index contributed by atoms with van der Waals surface area (Å²) < 4.78 is 31.3. The summed E-state index contributed by atoms with van der Waals surface area (Å²) in [6.07, 6.45) is 0. The first-order valence-electron chi connectivity index (χ1n) is 6.46. The number of hydrogen-bond acceptors (Lipinski definition) is 4. The highest BCUT2D eigenvalue weighted by Gasteiger charge is 2.18. The second kappa shape index (κ2) is 6.65. The molecule has 0 saturated heterocycles. The fourth-order valence-electron chi connectivity index (χ4n) is 1.80. The number of carbonyl (C=O) groups excluding carboxylic acids is 2. The van der Waals surface area contributed by atoms with Gasteiger partial charge in [0.15, 0.2) is 0 Å². The number of hydrogen-bond donors (Lipinski definition) is 1. The molecule has 0 bridgehead atoms. The van der Waals surface area contributed by atoms with E-state index in [9.17, 15) is 18.4 Å². The molecule has 1 aromatic carbocycles. The Morgan fingerprint density at radius 1 is 1.27 bits per heavy atom. The summed E-state index contributed by atoms with van der Waals surface area (Å²) >= 11 is 1.04. The van der Waals surface area contributed by atoms with E-state index in [1.54, 1.807) is 19.9 Å². The minimum atomic E-state index is -0.948. The van der Waals surface area contributed by atoms with Crippen LogP contribution in [-0.2, 0) is 4.74 Å². The van der Waals surface area contributed by atoms with E-state index in [1.165, 1.54) is 0 Å². The molecule has 1 N–H and O–H groups in total.